The lowest BCUT2D eigenvalue weighted by Gasteiger charge is -2.13. The van der Waals surface area contributed by atoms with Gasteiger partial charge in [-0.1, -0.05) is 53.0 Å². The van der Waals surface area contributed by atoms with Gasteiger partial charge in [0.1, 0.15) is 0 Å². The van der Waals surface area contributed by atoms with E-state index in [-0.39, 0.29) is 0 Å². The van der Waals surface area contributed by atoms with E-state index in [0.717, 1.165) is 27.9 Å². The third kappa shape index (κ3) is 3.58. The van der Waals surface area contributed by atoms with Crippen LogP contribution in [-0.2, 0) is 0 Å². The van der Waals surface area contributed by atoms with Gasteiger partial charge in [-0.05, 0) is 37.2 Å². The molecule has 0 fully saturated rings. The Hall–Kier alpha value is -0.0600. The zero-order chi connectivity index (χ0) is 14.7. The summed E-state index contributed by atoms with van der Waals surface area (Å²) in [7, 11) is 0. The first-order valence-electron chi connectivity index (χ1n) is 6.54. The molecule has 0 radical (unpaired) electrons. The Morgan fingerprint density at radius 2 is 1.85 bits per heavy atom. The van der Waals surface area contributed by atoms with Gasteiger partial charge in [0.25, 0.3) is 0 Å². The highest BCUT2D eigenvalue weighted by atomic mass is 79.9. The van der Waals surface area contributed by atoms with Gasteiger partial charge in [-0.15, -0.1) is 11.3 Å². The van der Waals surface area contributed by atoms with Crippen LogP contribution in [0.3, 0.4) is 0 Å². The van der Waals surface area contributed by atoms with Crippen LogP contribution in [0.1, 0.15) is 31.2 Å². The summed E-state index contributed by atoms with van der Waals surface area (Å²) in [5.74, 6) is 0. The average Bonchev–Trinajstić information content (AvgIpc) is 2.84. The third-order valence-electron chi connectivity index (χ3n) is 3.08. The molecule has 20 heavy (non-hydrogen) atoms. The van der Waals surface area contributed by atoms with Gasteiger partial charge in [-0.3, -0.25) is 0 Å². The van der Waals surface area contributed by atoms with E-state index in [1.54, 1.807) is 11.3 Å². The molecule has 1 atom stereocenters. The first-order valence-corrected chi connectivity index (χ1v) is 8.91. The summed E-state index contributed by atoms with van der Waals surface area (Å²) >= 11 is 17.8. The van der Waals surface area contributed by atoms with Crippen molar-refractivity contribution in [2.75, 3.05) is 6.54 Å². The molecule has 0 amide bonds. The molecule has 1 nitrogen and oxygen atoms in total. The van der Waals surface area contributed by atoms with Crippen LogP contribution in [0.25, 0.3) is 10.4 Å². The van der Waals surface area contributed by atoms with E-state index in [1.807, 2.05) is 12.1 Å². The van der Waals surface area contributed by atoms with Crippen LogP contribution in [0.4, 0.5) is 0 Å². The fraction of sp³-hybridized carbons (Fsp3) is 0.333. The van der Waals surface area contributed by atoms with E-state index >= 15 is 0 Å². The average molecular weight is 393 g/mol. The van der Waals surface area contributed by atoms with Crippen LogP contribution in [-0.4, -0.2) is 6.54 Å². The molecule has 5 heteroatoms. The van der Waals surface area contributed by atoms with E-state index in [2.05, 4.69) is 47.2 Å². The van der Waals surface area contributed by atoms with Gasteiger partial charge in [0.15, 0.2) is 0 Å². The fourth-order valence-electron chi connectivity index (χ4n) is 2.14. The second-order valence-electron chi connectivity index (χ2n) is 4.46. The van der Waals surface area contributed by atoms with Crippen LogP contribution in [0, 0.1) is 0 Å². The number of thiophene rings is 1. The number of hydrogen-bond acceptors (Lipinski definition) is 2. The standard InChI is InChI=1S/C15H16BrCl2NS/c1-3-12(19-4-2)13-5-6-14(20-13)15-10(17)7-9(16)8-11(15)18/h5-8,12,19H,3-4H2,1-2H3. The summed E-state index contributed by atoms with van der Waals surface area (Å²) < 4.78 is 0.895. The third-order valence-corrected chi connectivity index (χ3v) is 5.35. The molecule has 0 aliphatic carbocycles. The molecule has 1 aromatic carbocycles. The molecule has 1 unspecified atom stereocenters. The van der Waals surface area contributed by atoms with Crippen LogP contribution in [0.15, 0.2) is 28.7 Å². The van der Waals surface area contributed by atoms with Gasteiger partial charge in [0.05, 0.1) is 10.0 Å². The number of nitrogens with one attached hydrogen (secondary N) is 1. The van der Waals surface area contributed by atoms with Crippen molar-refractivity contribution in [3.8, 4) is 10.4 Å². The van der Waals surface area contributed by atoms with Gasteiger partial charge >= 0.3 is 0 Å². The summed E-state index contributed by atoms with van der Waals surface area (Å²) in [6.07, 6.45) is 1.07. The van der Waals surface area contributed by atoms with Crippen molar-refractivity contribution in [2.45, 2.75) is 26.3 Å². The van der Waals surface area contributed by atoms with E-state index in [0.29, 0.717) is 16.1 Å². The molecular weight excluding hydrogens is 377 g/mol. The molecule has 0 saturated heterocycles. The highest BCUT2D eigenvalue weighted by molar-refractivity contribution is 9.10. The lowest BCUT2D eigenvalue weighted by molar-refractivity contribution is 0.545. The molecular formula is C15H16BrCl2NS. The van der Waals surface area contributed by atoms with Crippen LogP contribution in [0.2, 0.25) is 10.0 Å². The second kappa shape index (κ2) is 7.28. The summed E-state index contributed by atoms with van der Waals surface area (Å²) in [4.78, 5) is 2.43. The van der Waals surface area contributed by atoms with Crippen LogP contribution < -0.4 is 5.32 Å². The Balaban J connectivity index is 2.38. The zero-order valence-electron chi connectivity index (χ0n) is 11.3. The molecule has 2 aromatic rings. The first-order chi connectivity index (χ1) is 9.56. The van der Waals surface area contributed by atoms with Crippen molar-refractivity contribution in [2.24, 2.45) is 0 Å². The predicted molar refractivity (Wildman–Crippen MR) is 94.2 cm³/mol. The zero-order valence-corrected chi connectivity index (χ0v) is 15.3. The number of benzene rings is 1. The largest absolute Gasteiger partial charge is 0.310 e. The minimum atomic E-state index is 0.395. The van der Waals surface area contributed by atoms with Gasteiger partial charge in [-0.2, -0.15) is 0 Å². The van der Waals surface area contributed by atoms with Crippen molar-refractivity contribution >= 4 is 50.5 Å². The van der Waals surface area contributed by atoms with Crippen LogP contribution >= 0.6 is 50.5 Å². The lowest BCUT2D eigenvalue weighted by atomic mass is 10.1. The monoisotopic (exact) mass is 391 g/mol. The maximum Gasteiger partial charge on any atom is 0.0518 e. The number of rotatable bonds is 5. The van der Waals surface area contributed by atoms with Gasteiger partial charge < -0.3 is 5.32 Å². The maximum absolute atomic E-state index is 6.33. The SMILES string of the molecule is CCNC(CC)c1ccc(-c2c(Cl)cc(Br)cc2Cl)s1. The quantitative estimate of drug-likeness (QED) is 0.608. The molecule has 108 valence electrons. The number of hydrogen-bond donors (Lipinski definition) is 1. The molecule has 1 aromatic heterocycles. The highest BCUT2D eigenvalue weighted by Crippen LogP contribution is 2.41. The molecule has 1 heterocycles. The Morgan fingerprint density at radius 1 is 1.20 bits per heavy atom. The van der Waals surface area contributed by atoms with E-state index in [1.165, 1.54) is 4.88 Å². The molecule has 1 N–H and O–H groups in total. The maximum atomic E-state index is 6.33. The molecule has 0 aliphatic heterocycles. The molecule has 0 bridgehead atoms. The Labute approximate surface area is 142 Å². The van der Waals surface area contributed by atoms with E-state index < -0.39 is 0 Å². The van der Waals surface area contributed by atoms with Crippen LogP contribution in [0.5, 0.6) is 0 Å². The minimum absolute atomic E-state index is 0.395. The highest BCUT2D eigenvalue weighted by Gasteiger charge is 2.15. The van der Waals surface area contributed by atoms with Crippen molar-refractivity contribution < 1.29 is 0 Å². The summed E-state index contributed by atoms with van der Waals surface area (Å²) in [6.45, 7) is 5.28. The number of halogens is 3. The van der Waals surface area contributed by atoms with Gasteiger partial charge in [0, 0.05) is 25.8 Å². The van der Waals surface area contributed by atoms with E-state index in [4.69, 9.17) is 23.2 Å². The predicted octanol–water partition coefficient (Wildman–Crippen LogP) is 6.55. The Bertz CT molecular complexity index is 574. The minimum Gasteiger partial charge on any atom is -0.310 e. The first kappa shape index (κ1) is 16.3. The molecule has 0 spiro atoms. The van der Waals surface area contributed by atoms with Crippen molar-refractivity contribution in [3.63, 3.8) is 0 Å². The van der Waals surface area contributed by atoms with E-state index in [9.17, 15) is 0 Å². The lowest BCUT2D eigenvalue weighted by Crippen LogP contribution is -2.18. The summed E-state index contributed by atoms with van der Waals surface area (Å²) in [5, 5.41) is 4.84. The normalized spacial score (nSPS) is 12.7. The molecule has 2 rings (SSSR count). The Morgan fingerprint density at radius 3 is 2.40 bits per heavy atom. The smallest absolute Gasteiger partial charge is 0.0518 e. The summed E-state index contributed by atoms with van der Waals surface area (Å²) in [5.41, 5.74) is 0.916. The Kier molecular flexibility index (Phi) is 5.94. The van der Waals surface area contributed by atoms with Crippen molar-refractivity contribution in [1.82, 2.24) is 5.32 Å². The molecule has 0 saturated carbocycles. The van der Waals surface area contributed by atoms with Crippen molar-refractivity contribution in [3.05, 3.63) is 43.7 Å². The van der Waals surface area contributed by atoms with Gasteiger partial charge in [-0.25, -0.2) is 0 Å². The second-order valence-corrected chi connectivity index (χ2v) is 7.31. The topological polar surface area (TPSA) is 12.0 Å². The molecule has 0 aliphatic rings. The summed E-state index contributed by atoms with van der Waals surface area (Å²) in [6, 6.07) is 8.41. The van der Waals surface area contributed by atoms with Crippen molar-refractivity contribution in [1.29, 1.82) is 0 Å². The fourth-order valence-corrected chi connectivity index (χ4v) is 4.91. The van der Waals surface area contributed by atoms with Gasteiger partial charge in [0.2, 0.25) is 0 Å².